The van der Waals surface area contributed by atoms with Crippen molar-refractivity contribution in [3.8, 4) is 0 Å². The van der Waals surface area contributed by atoms with Crippen LogP contribution in [0.4, 0.5) is 0 Å². The first-order valence-corrected chi connectivity index (χ1v) is 12.3. The van der Waals surface area contributed by atoms with Crippen LogP contribution in [0.3, 0.4) is 0 Å². The smallest absolute Gasteiger partial charge is 0.279 e. The van der Waals surface area contributed by atoms with Gasteiger partial charge in [-0.25, -0.2) is 0 Å². The number of benzene rings is 1. The van der Waals surface area contributed by atoms with Crippen molar-refractivity contribution in [2.45, 2.75) is 83.8 Å². The molecule has 0 unspecified atom stereocenters. The molecule has 0 bridgehead atoms. The summed E-state index contributed by atoms with van der Waals surface area (Å²) in [5, 5.41) is 24.4. The minimum Gasteiger partial charge on any atom is -0.383 e. The molecular formula is C26H35N3O4. The number of carbonyl (C=O) groups excluding carboxylic acids is 2. The zero-order valence-corrected chi connectivity index (χ0v) is 20.0. The molecule has 4 atom stereocenters. The van der Waals surface area contributed by atoms with Crippen molar-refractivity contribution in [1.82, 2.24) is 14.4 Å². The number of carbonyl (C=O) groups is 2. The molecule has 0 saturated carbocycles. The van der Waals surface area contributed by atoms with E-state index in [0.29, 0.717) is 30.9 Å². The predicted molar refractivity (Wildman–Crippen MR) is 125 cm³/mol. The normalized spacial score (nSPS) is 29.3. The number of hydrogen-bond acceptors (Lipinski definition) is 4. The molecule has 2 fully saturated rings. The molecule has 1 aromatic heterocycles. The van der Waals surface area contributed by atoms with Crippen LogP contribution in [0.2, 0.25) is 0 Å². The van der Waals surface area contributed by atoms with Gasteiger partial charge in [-0.1, -0.05) is 45.9 Å². The second kappa shape index (κ2) is 7.84. The molecule has 5 rings (SSSR count). The summed E-state index contributed by atoms with van der Waals surface area (Å²) in [5.41, 5.74) is 0.157. The maximum Gasteiger partial charge on any atom is 0.279 e. The number of amides is 2. The molecule has 2 amide bonds. The lowest BCUT2D eigenvalue weighted by Crippen LogP contribution is -2.74. The van der Waals surface area contributed by atoms with E-state index in [1.165, 1.54) is 9.80 Å². The highest BCUT2D eigenvalue weighted by atomic mass is 16.4. The van der Waals surface area contributed by atoms with Gasteiger partial charge in [-0.2, -0.15) is 0 Å². The highest BCUT2D eigenvalue weighted by Crippen LogP contribution is 2.53. The van der Waals surface area contributed by atoms with Crippen LogP contribution in [0.5, 0.6) is 0 Å². The molecule has 178 valence electrons. The molecule has 7 heteroatoms. The average molecular weight is 454 g/mol. The van der Waals surface area contributed by atoms with Crippen molar-refractivity contribution in [2.75, 3.05) is 6.54 Å². The van der Waals surface area contributed by atoms with Crippen LogP contribution in [-0.4, -0.2) is 54.7 Å². The Labute approximate surface area is 195 Å². The SMILES string of the molecule is CC(C)CCn1c2c(c3ccccc31)[C@@H](O)[C@@]1(O)C(=O)N3CCC[C@H]3C(=O)N1[C@H]2CC(C)C. The molecule has 2 aromatic rings. The van der Waals surface area contributed by atoms with E-state index in [1.54, 1.807) is 0 Å². The number of aliphatic hydroxyl groups excluding tert-OH is 1. The zero-order chi connectivity index (χ0) is 23.7. The first-order chi connectivity index (χ1) is 15.7. The van der Waals surface area contributed by atoms with Gasteiger partial charge in [0.2, 0.25) is 5.91 Å². The second-order valence-electron chi connectivity index (χ2n) is 10.8. The van der Waals surface area contributed by atoms with Crippen molar-refractivity contribution < 1.29 is 19.8 Å². The summed E-state index contributed by atoms with van der Waals surface area (Å²) < 4.78 is 2.22. The summed E-state index contributed by atoms with van der Waals surface area (Å²) >= 11 is 0. The molecule has 2 N–H and O–H groups in total. The quantitative estimate of drug-likeness (QED) is 0.727. The lowest BCUT2D eigenvalue weighted by molar-refractivity contribution is -0.233. The molecule has 0 spiro atoms. The molecule has 0 aliphatic carbocycles. The molecule has 2 saturated heterocycles. The van der Waals surface area contributed by atoms with Crippen molar-refractivity contribution >= 4 is 22.7 Å². The number of aliphatic hydroxyl groups is 2. The number of fused-ring (bicyclic) bond motifs is 5. The minimum atomic E-state index is -2.28. The number of aromatic nitrogens is 1. The Hall–Kier alpha value is -2.38. The number of para-hydroxylation sites is 1. The Bertz CT molecular complexity index is 1110. The molecule has 33 heavy (non-hydrogen) atoms. The fraction of sp³-hybridized carbons (Fsp3) is 0.615. The van der Waals surface area contributed by atoms with E-state index in [1.807, 2.05) is 24.3 Å². The number of hydrogen-bond donors (Lipinski definition) is 2. The van der Waals surface area contributed by atoms with Gasteiger partial charge in [0, 0.05) is 35.2 Å². The Kier molecular flexibility index (Phi) is 5.33. The van der Waals surface area contributed by atoms with Gasteiger partial charge in [0.05, 0.1) is 6.04 Å². The molecular weight excluding hydrogens is 418 g/mol. The Morgan fingerprint density at radius 3 is 2.55 bits per heavy atom. The van der Waals surface area contributed by atoms with Crippen LogP contribution in [0, 0.1) is 11.8 Å². The van der Waals surface area contributed by atoms with Gasteiger partial charge >= 0.3 is 0 Å². The minimum absolute atomic E-state index is 0.225. The average Bonchev–Trinajstić information content (AvgIpc) is 3.37. The summed E-state index contributed by atoms with van der Waals surface area (Å²) in [6.45, 7) is 9.72. The summed E-state index contributed by atoms with van der Waals surface area (Å²) in [6, 6.07) is 6.83. The Balaban J connectivity index is 1.79. The van der Waals surface area contributed by atoms with E-state index in [0.717, 1.165) is 36.0 Å². The van der Waals surface area contributed by atoms with Crippen LogP contribution in [0.25, 0.3) is 10.9 Å². The van der Waals surface area contributed by atoms with Crippen molar-refractivity contribution in [3.63, 3.8) is 0 Å². The highest BCUT2D eigenvalue weighted by molar-refractivity contribution is 6.01. The van der Waals surface area contributed by atoms with Gasteiger partial charge in [-0.3, -0.25) is 14.5 Å². The first-order valence-electron chi connectivity index (χ1n) is 12.3. The lowest BCUT2D eigenvalue weighted by atomic mass is 9.80. The molecule has 3 aliphatic rings. The third kappa shape index (κ3) is 3.08. The van der Waals surface area contributed by atoms with Crippen LogP contribution < -0.4 is 0 Å². The van der Waals surface area contributed by atoms with Crippen molar-refractivity contribution in [2.24, 2.45) is 11.8 Å². The van der Waals surface area contributed by atoms with E-state index >= 15 is 0 Å². The largest absolute Gasteiger partial charge is 0.383 e. The fourth-order valence-corrected chi connectivity index (χ4v) is 6.16. The zero-order valence-electron chi connectivity index (χ0n) is 20.0. The van der Waals surface area contributed by atoms with E-state index < -0.39 is 29.8 Å². The van der Waals surface area contributed by atoms with Crippen molar-refractivity contribution in [1.29, 1.82) is 0 Å². The number of aryl methyl sites for hydroxylation is 1. The van der Waals surface area contributed by atoms with E-state index in [9.17, 15) is 19.8 Å². The van der Waals surface area contributed by atoms with Gasteiger partial charge in [0.25, 0.3) is 11.6 Å². The standard InChI is InChI=1S/C26H35N3O4/c1-15(2)11-13-27-18-9-6-5-8-17(18)21-22(27)20(14-16(3)4)29-24(31)19-10-7-12-28(19)25(32)26(29,33)23(21)30/h5-6,8-9,15-16,19-20,23,30,33H,7,10-14H2,1-4H3/t19-,20-,23+,26+/m0/s1. The maximum absolute atomic E-state index is 13.8. The molecule has 7 nitrogen and oxygen atoms in total. The van der Waals surface area contributed by atoms with Gasteiger partial charge in [-0.15, -0.1) is 0 Å². The predicted octanol–water partition coefficient (Wildman–Crippen LogP) is 3.34. The highest BCUT2D eigenvalue weighted by Gasteiger charge is 2.65. The van der Waals surface area contributed by atoms with Crippen molar-refractivity contribution in [3.05, 3.63) is 35.5 Å². The monoisotopic (exact) mass is 453 g/mol. The second-order valence-corrected chi connectivity index (χ2v) is 10.8. The van der Waals surface area contributed by atoms with Gasteiger partial charge in [0.1, 0.15) is 12.1 Å². The lowest BCUT2D eigenvalue weighted by Gasteiger charge is -2.55. The number of nitrogens with zero attached hydrogens (tertiary/aromatic N) is 3. The topological polar surface area (TPSA) is 86.0 Å². The van der Waals surface area contributed by atoms with E-state index in [-0.39, 0.29) is 11.8 Å². The molecule has 0 radical (unpaired) electrons. The molecule has 4 heterocycles. The van der Waals surface area contributed by atoms with Gasteiger partial charge < -0.3 is 19.7 Å². The Morgan fingerprint density at radius 2 is 1.85 bits per heavy atom. The third-order valence-electron chi connectivity index (χ3n) is 7.68. The van der Waals surface area contributed by atoms with Crippen LogP contribution >= 0.6 is 0 Å². The van der Waals surface area contributed by atoms with Crippen LogP contribution in [0.15, 0.2) is 24.3 Å². The summed E-state index contributed by atoms with van der Waals surface area (Å²) in [4.78, 5) is 30.3. The fourth-order valence-electron chi connectivity index (χ4n) is 6.16. The Morgan fingerprint density at radius 1 is 1.12 bits per heavy atom. The van der Waals surface area contributed by atoms with Gasteiger partial charge in [0.15, 0.2) is 0 Å². The van der Waals surface area contributed by atoms with Gasteiger partial charge in [-0.05, 0) is 43.6 Å². The van der Waals surface area contributed by atoms with E-state index in [4.69, 9.17) is 0 Å². The number of rotatable bonds is 5. The third-order valence-corrected chi connectivity index (χ3v) is 7.68. The van der Waals surface area contributed by atoms with Crippen LogP contribution in [-0.2, 0) is 16.1 Å². The summed E-state index contributed by atoms with van der Waals surface area (Å²) in [7, 11) is 0. The molecule has 1 aromatic carbocycles. The number of piperazine rings is 1. The maximum atomic E-state index is 13.8. The van der Waals surface area contributed by atoms with E-state index in [2.05, 4.69) is 32.3 Å². The summed E-state index contributed by atoms with van der Waals surface area (Å²) in [5.74, 6) is -0.0782. The summed E-state index contributed by atoms with van der Waals surface area (Å²) in [6.07, 6.45) is 1.38. The first kappa shape index (κ1) is 22.4. The molecule has 3 aliphatic heterocycles. The van der Waals surface area contributed by atoms with Crippen LogP contribution in [0.1, 0.15) is 76.8 Å².